The molecule has 0 spiro atoms. The summed E-state index contributed by atoms with van der Waals surface area (Å²) in [7, 11) is 0. The summed E-state index contributed by atoms with van der Waals surface area (Å²) < 4.78 is 0. The largest absolute Gasteiger partial charge is 0.313 e. The number of nitrogens with one attached hydrogen (secondary N) is 1. The topological polar surface area (TPSA) is 12.0 Å². The Morgan fingerprint density at radius 2 is 1.93 bits per heavy atom. The van der Waals surface area contributed by atoms with Crippen LogP contribution < -0.4 is 5.32 Å². The molecule has 0 radical (unpaired) electrons. The number of rotatable bonds is 5. The van der Waals surface area contributed by atoms with Gasteiger partial charge in [-0.15, -0.1) is 0 Å². The van der Waals surface area contributed by atoms with E-state index in [1.54, 1.807) is 0 Å². The van der Waals surface area contributed by atoms with Crippen molar-refractivity contribution in [3.05, 3.63) is 34.9 Å². The molecule has 0 atom stereocenters. The van der Waals surface area contributed by atoms with Crippen LogP contribution in [0, 0.1) is 5.92 Å². The Balaban J connectivity index is 1.62. The van der Waals surface area contributed by atoms with Crippen LogP contribution in [0.3, 0.4) is 0 Å². The number of hydrogen-bond donors (Lipinski definition) is 1. The van der Waals surface area contributed by atoms with E-state index in [2.05, 4.69) is 17.4 Å². The maximum Gasteiger partial charge on any atom is 0.0406 e. The molecule has 1 aromatic carbocycles. The van der Waals surface area contributed by atoms with Crippen LogP contribution in [0.1, 0.15) is 31.2 Å². The summed E-state index contributed by atoms with van der Waals surface area (Å²) in [6, 6.07) is 8.06. The molecule has 0 aromatic heterocycles. The van der Waals surface area contributed by atoms with Crippen molar-refractivity contribution in [3.63, 3.8) is 0 Å². The lowest BCUT2D eigenvalue weighted by molar-refractivity contribution is 0.292. The van der Waals surface area contributed by atoms with Crippen LogP contribution in [-0.4, -0.2) is 6.54 Å². The second kappa shape index (κ2) is 5.53. The lowest BCUT2D eigenvalue weighted by Gasteiger charge is -2.25. The fourth-order valence-corrected chi connectivity index (χ4v) is 2.05. The predicted octanol–water partition coefficient (Wildman–Crippen LogP) is 3.62. The molecule has 2 rings (SSSR count). The fraction of sp³-hybridized carbons (Fsp3) is 0.538. The van der Waals surface area contributed by atoms with Crippen LogP contribution in [0.4, 0.5) is 0 Å². The molecule has 1 N–H and O–H groups in total. The highest BCUT2D eigenvalue weighted by molar-refractivity contribution is 6.30. The Morgan fingerprint density at radius 3 is 2.53 bits per heavy atom. The molecule has 1 nitrogen and oxygen atoms in total. The van der Waals surface area contributed by atoms with E-state index in [1.807, 2.05) is 12.1 Å². The minimum atomic E-state index is 0.813. The predicted molar refractivity (Wildman–Crippen MR) is 65.1 cm³/mol. The van der Waals surface area contributed by atoms with E-state index in [4.69, 9.17) is 11.6 Å². The van der Waals surface area contributed by atoms with Crippen molar-refractivity contribution in [2.45, 2.75) is 32.2 Å². The first-order valence-electron chi connectivity index (χ1n) is 5.80. The molecular formula is C13H18ClN. The van der Waals surface area contributed by atoms with Crippen LogP contribution >= 0.6 is 11.6 Å². The van der Waals surface area contributed by atoms with Crippen molar-refractivity contribution < 1.29 is 0 Å². The molecule has 15 heavy (non-hydrogen) atoms. The van der Waals surface area contributed by atoms with E-state index in [0.717, 1.165) is 24.0 Å². The molecule has 1 aliphatic carbocycles. The molecule has 1 fully saturated rings. The first-order chi connectivity index (χ1) is 7.34. The van der Waals surface area contributed by atoms with Gasteiger partial charge in [0.25, 0.3) is 0 Å². The standard InChI is InChI=1S/C13H18ClN/c14-13-6-4-12(5-7-13)10-15-9-8-11-2-1-3-11/h4-7,11,15H,1-3,8-10H2. The molecule has 0 saturated heterocycles. The van der Waals surface area contributed by atoms with E-state index >= 15 is 0 Å². The molecule has 0 amide bonds. The first-order valence-corrected chi connectivity index (χ1v) is 6.17. The van der Waals surface area contributed by atoms with Crippen molar-refractivity contribution in [3.8, 4) is 0 Å². The van der Waals surface area contributed by atoms with Gasteiger partial charge < -0.3 is 5.32 Å². The molecule has 1 aliphatic rings. The molecule has 82 valence electrons. The maximum atomic E-state index is 5.82. The van der Waals surface area contributed by atoms with E-state index < -0.39 is 0 Å². The van der Waals surface area contributed by atoms with Crippen LogP contribution in [0.25, 0.3) is 0 Å². The van der Waals surface area contributed by atoms with Crippen LogP contribution in [0.2, 0.25) is 5.02 Å². The Labute approximate surface area is 96.8 Å². The highest BCUT2D eigenvalue weighted by Crippen LogP contribution is 2.28. The maximum absolute atomic E-state index is 5.82. The Morgan fingerprint density at radius 1 is 1.20 bits per heavy atom. The van der Waals surface area contributed by atoms with Crippen LogP contribution in [-0.2, 0) is 6.54 Å². The number of hydrogen-bond acceptors (Lipinski definition) is 1. The van der Waals surface area contributed by atoms with Crippen molar-refractivity contribution in [2.24, 2.45) is 5.92 Å². The molecule has 0 unspecified atom stereocenters. The van der Waals surface area contributed by atoms with E-state index in [-0.39, 0.29) is 0 Å². The third-order valence-electron chi connectivity index (χ3n) is 3.20. The zero-order valence-corrected chi connectivity index (χ0v) is 9.76. The molecule has 1 saturated carbocycles. The highest BCUT2D eigenvalue weighted by Gasteiger charge is 2.15. The van der Waals surface area contributed by atoms with E-state index in [1.165, 1.54) is 31.2 Å². The second-order valence-electron chi connectivity index (χ2n) is 4.39. The molecule has 0 bridgehead atoms. The summed E-state index contributed by atoms with van der Waals surface area (Å²) in [4.78, 5) is 0. The van der Waals surface area contributed by atoms with Gasteiger partial charge in [0.05, 0.1) is 0 Å². The van der Waals surface area contributed by atoms with Gasteiger partial charge in [-0.3, -0.25) is 0 Å². The summed E-state index contributed by atoms with van der Waals surface area (Å²) in [6.45, 7) is 2.11. The van der Waals surface area contributed by atoms with Crippen molar-refractivity contribution in [1.82, 2.24) is 5.32 Å². The quantitative estimate of drug-likeness (QED) is 0.752. The van der Waals surface area contributed by atoms with Gasteiger partial charge in [0.15, 0.2) is 0 Å². The zero-order chi connectivity index (χ0) is 10.5. The third kappa shape index (κ3) is 3.51. The normalized spacial score (nSPS) is 16.3. The van der Waals surface area contributed by atoms with E-state index in [9.17, 15) is 0 Å². The van der Waals surface area contributed by atoms with Gasteiger partial charge in [-0.2, -0.15) is 0 Å². The van der Waals surface area contributed by atoms with Gasteiger partial charge in [0.1, 0.15) is 0 Å². The number of benzene rings is 1. The Kier molecular flexibility index (Phi) is 4.04. The smallest absolute Gasteiger partial charge is 0.0406 e. The van der Waals surface area contributed by atoms with Crippen LogP contribution in [0.5, 0.6) is 0 Å². The molecular weight excluding hydrogens is 206 g/mol. The third-order valence-corrected chi connectivity index (χ3v) is 3.45. The fourth-order valence-electron chi connectivity index (χ4n) is 1.92. The lowest BCUT2D eigenvalue weighted by Crippen LogP contribution is -2.21. The van der Waals surface area contributed by atoms with E-state index in [0.29, 0.717) is 0 Å². The van der Waals surface area contributed by atoms with Crippen LogP contribution in [0.15, 0.2) is 24.3 Å². The van der Waals surface area contributed by atoms with Gasteiger partial charge >= 0.3 is 0 Å². The highest BCUT2D eigenvalue weighted by atomic mass is 35.5. The van der Waals surface area contributed by atoms with Gasteiger partial charge in [0, 0.05) is 11.6 Å². The summed E-state index contributed by atoms with van der Waals surface area (Å²) in [5.41, 5.74) is 1.31. The average Bonchev–Trinajstić information content (AvgIpc) is 2.18. The first kappa shape index (κ1) is 11.0. The Bertz CT molecular complexity index is 290. The van der Waals surface area contributed by atoms with Crippen molar-refractivity contribution in [1.29, 1.82) is 0 Å². The van der Waals surface area contributed by atoms with Crippen molar-refractivity contribution >= 4 is 11.6 Å². The molecule has 2 heteroatoms. The summed E-state index contributed by atoms with van der Waals surface area (Å²) >= 11 is 5.82. The zero-order valence-electron chi connectivity index (χ0n) is 9.01. The second-order valence-corrected chi connectivity index (χ2v) is 4.83. The molecule has 0 aliphatic heterocycles. The van der Waals surface area contributed by atoms with Gasteiger partial charge in [-0.25, -0.2) is 0 Å². The minimum Gasteiger partial charge on any atom is -0.313 e. The SMILES string of the molecule is Clc1ccc(CNCCC2CCC2)cc1. The average molecular weight is 224 g/mol. The molecule has 0 heterocycles. The van der Waals surface area contributed by atoms with Gasteiger partial charge in [-0.05, 0) is 36.6 Å². The summed E-state index contributed by atoms with van der Waals surface area (Å²) in [6.07, 6.45) is 5.68. The summed E-state index contributed by atoms with van der Waals surface area (Å²) in [5, 5.41) is 4.29. The number of halogens is 1. The van der Waals surface area contributed by atoms with Crippen molar-refractivity contribution in [2.75, 3.05) is 6.54 Å². The van der Waals surface area contributed by atoms with Gasteiger partial charge in [-0.1, -0.05) is 43.0 Å². The monoisotopic (exact) mass is 223 g/mol. The Hall–Kier alpha value is -0.530. The van der Waals surface area contributed by atoms with Gasteiger partial charge in [0.2, 0.25) is 0 Å². The lowest BCUT2D eigenvalue weighted by atomic mass is 9.83. The molecule has 1 aromatic rings. The summed E-state index contributed by atoms with van der Waals surface area (Å²) in [5.74, 6) is 1.00. The minimum absolute atomic E-state index is 0.813.